The van der Waals surface area contributed by atoms with Crippen LogP contribution in [0.15, 0.2) is 12.1 Å². The zero-order chi connectivity index (χ0) is 10.0. The van der Waals surface area contributed by atoms with Gasteiger partial charge < -0.3 is 0 Å². The van der Waals surface area contributed by atoms with Gasteiger partial charge >= 0.3 is 0 Å². The van der Waals surface area contributed by atoms with Gasteiger partial charge in [-0.2, -0.15) is 0 Å². The van der Waals surface area contributed by atoms with Gasteiger partial charge in [0.15, 0.2) is 0 Å². The van der Waals surface area contributed by atoms with Crippen LogP contribution in [-0.4, -0.2) is 0 Å². The van der Waals surface area contributed by atoms with Crippen LogP contribution in [0.2, 0.25) is 0 Å². The third-order valence-electron chi connectivity index (χ3n) is 2.16. The van der Waals surface area contributed by atoms with Gasteiger partial charge in [0.1, 0.15) is 11.6 Å². The average molecular weight is 184 g/mol. The van der Waals surface area contributed by atoms with E-state index in [2.05, 4.69) is 0 Å². The smallest absolute Gasteiger partial charge is 0.132 e. The number of aryl methyl sites for hydroxylation is 1. The average Bonchev–Trinajstić information content (AvgIpc) is 2.04. The molecule has 1 aromatic rings. The molecule has 1 rings (SSSR count). The topological polar surface area (TPSA) is 0 Å². The van der Waals surface area contributed by atoms with Gasteiger partial charge in [0, 0.05) is 5.56 Å². The highest BCUT2D eigenvalue weighted by atomic mass is 19.1. The molecule has 0 aromatic heterocycles. The molecule has 0 aliphatic carbocycles. The maximum Gasteiger partial charge on any atom is 0.132 e. The largest absolute Gasteiger partial charge is 0.207 e. The predicted octanol–water partition coefficient (Wildman–Crippen LogP) is 3.65. The summed E-state index contributed by atoms with van der Waals surface area (Å²) < 4.78 is 26.7. The molecule has 72 valence electrons. The maximum absolute atomic E-state index is 13.5. The Bertz CT molecular complexity index is 303. The zero-order valence-electron chi connectivity index (χ0n) is 8.20. The van der Waals surface area contributed by atoms with Gasteiger partial charge in [-0.3, -0.25) is 0 Å². The van der Waals surface area contributed by atoms with Crippen LogP contribution >= 0.6 is 0 Å². The Morgan fingerprint density at radius 3 is 2.31 bits per heavy atom. The molecule has 0 bridgehead atoms. The van der Waals surface area contributed by atoms with Crippen LogP contribution in [-0.2, 0) is 6.42 Å². The molecule has 0 heterocycles. The van der Waals surface area contributed by atoms with Crippen molar-refractivity contribution in [1.29, 1.82) is 0 Å². The lowest BCUT2D eigenvalue weighted by atomic mass is 9.98. The van der Waals surface area contributed by atoms with Crippen LogP contribution in [0.4, 0.5) is 8.78 Å². The number of hydrogen-bond acceptors (Lipinski definition) is 0. The molecule has 0 spiro atoms. The minimum absolute atomic E-state index is 0.105. The van der Waals surface area contributed by atoms with Crippen molar-refractivity contribution in [2.75, 3.05) is 0 Å². The first-order valence-corrected chi connectivity index (χ1v) is 4.54. The van der Waals surface area contributed by atoms with Gasteiger partial charge in [-0.15, -0.1) is 0 Å². The summed E-state index contributed by atoms with van der Waals surface area (Å²) in [5.41, 5.74) is 0.796. The highest BCUT2D eigenvalue weighted by Gasteiger charge is 2.14. The van der Waals surface area contributed by atoms with Gasteiger partial charge in [0.2, 0.25) is 0 Å². The fourth-order valence-corrected chi connectivity index (χ4v) is 1.42. The van der Waals surface area contributed by atoms with Gasteiger partial charge in [-0.25, -0.2) is 8.78 Å². The minimum atomic E-state index is -0.440. The summed E-state index contributed by atoms with van der Waals surface area (Å²) in [4.78, 5) is 0. The minimum Gasteiger partial charge on any atom is -0.207 e. The molecule has 2 heteroatoms. The lowest BCUT2D eigenvalue weighted by molar-refractivity contribution is 0.533. The fraction of sp³-hybridized carbons (Fsp3) is 0.455. The second kappa shape index (κ2) is 3.86. The quantitative estimate of drug-likeness (QED) is 0.658. The molecule has 13 heavy (non-hydrogen) atoms. The lowest BCUT2D eigenvalue weighted by Crippen LogP contribution is -2.01. The first-order chi connectivity index (χ1) is 6.07. The number of halogens is 2. The Kier molecular flexibility index (Phi) is 3.02. The van der Waals surface area contributed by atoms with Gasteiger partial charge in [0.25, 0.3) is 0 Å². The van der Waals surface area contributed by atoms with Crippen molar-refractivity contribution in [3.05, 3.63) is 34.9 Å². The van der Waals surface area contributed by atoms with E-state index >= 15 is 0 Å². The van der Waals surface area contributed by atoms with Crippen molar-refractivity contribution >= 4 is 0 Å². The Balaban J connectivity index is 3.30. The van der Waals surface area contributed by atoms with E-state index in [9.17, 15) is 8.78 Å². The summed E-state index contributed by atoms with van der Waals surface area (Å²) in [6.45, 7) is 5.45. The summed E-state index contributed by atoms with van der Waals surface area (Å²) in [6, 6.07) is 2.85. The molecule has 0 unspecified atom stereocenters. The summed E-state index contributed by atoms with van der Waals surface area (Å²) in [5.74, 6) is -0.923. The van der Waals surface area contributed by atoms with E-state index in [1.54, 1.807) is 13.8 Å². The van der Waals surface area contributed by atoms with Crippen LogP contribution in [0, 0.1) is 11.6 Å². The second-order valence-electron chi connectivity index (χ2n) is 3.44. The van der Waals surface area contributed by atoms with Crippen LogP contribution in [0.25, 0.3) is 0 Å². The van der Waals surface area contributed by atoms with Crippen molar-refractivity contribution in [2.24, 2.45) is 0 Å². The van der Waals surface area contributed by atoms with E-state index < -0.39 is 5.82 Å². The molecular weight excluding hydrogens is 170 g/mol. The number of hydrogen-bond donors (Lipinski definition) is 0. The Morgan fingerprint density at radius 2 is 1.85 bits per heavy atom. The third kappa shape index (κ3) is 1.87. The van der Waals surface area contributed by atoms with E-state index in [0.717, 1.165) is 0 Å². The van der Waals surface area contributed by atoms with Crippen LogP contribution in [0.1, 0.15) is 37.8 Å². The first kappa shape index (κ1) is 10.2. The lowest BCUT2D eigenvalue weighted by Gasteiger charge is -2.11. The Labute approximate surface area is 77.6 Å². The standard InChI is InChI=1S/C11H14F2/c1-4-8-5-6-9(12)10(7(2)3)11(8)13/h5-7H,4H2,1-3H3. The maximum atomic E-state index is 13.5. The second-order valence-corrected chi connectivity index (χ2v) is 3.44. The number of benzene rings is 1. The highest BCUT2D eigenvalue weighted by Crippen LogP contribution is 2.24. The molecule has 0 aliphatic rings. The first-order valence-electron chi connectivity index (χ1n) is 4.54. The molecular formula is C11H14F2. The fourth-order valence-electron chi connectivity index (χ4n) is 1.42. The number of rotatable bonds is 2. The summed E-state index contributed by atoms with van der Waals surface area (Å²) >= 11 is 0. The van der Waals surface area contributed by atoms with Crippen molar-refractivity contribution in [3.63, 3.8) is 0 Å². The molecule has 0 N–H and O–H groups in total. The monoisotopic (exact) mass is 184 g/mol. The normalized spacial score (nSPS) is 10.9. The molecule has 0 nitrogen and oxygen atoms in total. The van der Waals surface area contributed by atoms with Gasteiger partial charge in [0.05, 0.1) is 0 Å². The van der Waals surface area contributed by atoms with Gasteiger partial charge in [-0.1, -0.05) is 26.8 Å². The van der Waals surface area contributed by atoms with Crippen LogP contribution in [0.5, 0.6) is 0 Å². The van der Waals surface area contributed by atoms with Crippen molar-refractivity contribution in [3.8, 4) is 0 Å². The zero-order valence-corrected chi connectivity index (χ0v) is 8.20. The Hall–Kier alpha value is -0.920. The highest BCUT2D eigenvalue weighted by molar-refractivity contribution is 5.29. The van der Waals surface area contributed by atoms with E-state index in [-0.39, 0.29) is 17.3 Å². The molecule has 0 atom stereocenters. The van der Waals surface area contributed by atoms with Crippen molar-refractivity contribution < 1.29 is 8.78 Å². The third-order valence-corrected chi connectivity index (χ3v) is 2.16. The van der Waals surface area contributed by atoms with E-state index in [1.807, 2.05) is 6.92 Å². The van der Waals surface area contributed by atoms with E-state index in [4.69, 9.17) is 0 Å². The SMILES string of the molecule is CCc1ccc(F)c(C(C)C)c1F. The van der Waals surface area contributed by atoms with Crippen LogP contribution < -0.4 is 0 Å². The summed E-state index contributed by atoms with van der Waals surface area (Å²) in [6.07, 6.45) is 0.603. The molecule has 0 fully saturated rings. The van der Waals surface area contributed by atoms with E-state index in [0.29, 0.717) is 12.0 Å². The molecule has 0 radical (unpaired) electrons. The molecule has 0 saturated heterocycles. The predicted molar refractivity (Wildman–Crippen MR) is 49.8 cm³/mol. The Morgan fingerprint density at radius 1 is 1.23 bits per heavy atom. The van der Waals surface area contributed by atoms with Gasteiger partial charge in [-0.05, 0) is 24.0 Å². The summed E-state index contributed by atoms with van der Waals surface area (Å²) in [5, 5.41) is 0. The van der Waals surface area contributed by atoms with Crippen molar-refractivity contribution in [1.82, 2.24) is 0 Å². The van der Waals surface area contributed by atoms with Crippen LogP contribution in [0.3, 0.4) is 0 Å². The van der Waals surface area contributed by atoms with Crippen molar-refractivity contribution in [2.45, 2.75) is 33.1 Å². The molecule has 1 aromatic carbocycles. The van der Waals surface area contributed by atoms with E-state index in [1.165, 1.54) is 12.1 Å². The summed E-state index contributed by atoms with van der Waals surface area (Å²) in [7, 11) is 0. The molecule has 0 aliphatic heterocycles. The molecule has 0 amide bonds. The molecule has 0 saturated carbocycles.